The van der Waals surface area contributed by atoms with Crippen molar-refractivity contribution in [2.45, 2.75) is 39.3 Å². The molecule has 6 heteroatoms. The van der Waals surface area contributed by atoms with Crippen LogP contribution in [0, 0.1) is 0 Å². The number of nitrogens with zero attached hydrogens (tertiary/aromatic N) is 1. The Kier molecular flexibility index (Phi) is 4.51. The standard InChI is InChI=1S/C8H20N2O3S/c1-7(2)9-14(12,13)10(5)6-8(3,4)11/h7,9,11H,6H2,1-5H3. The van der Waals surface area contributed by atoms with Crippen LogP contribution in [0.25, 0.3) is 0 Å². The lowest BCUT2D eigenvalue weighted by Crippen LogP contribution is -2.46. The summed E-state index contributed by atoms with van der Waals surface area (Å²) in [4.78, 5) is 0. The van der Waals surface area contributed by atoms with Crippen LogP contribution in [0.15, 0.2) is 0 Å². The molecule has 5 nitrogen and oxygen atoms in total. The molecule has 14 heavy (non-hydrogen) atoms. The van der Waals surface area contributed by atoms with Gasteiger partial charge in [-0.1, -0.05) is 0 Å². The van der Waals surface area contributed by atoms with Crippen molar-refractivity contribution in [1.29, 1.82) is 0 Å². The lowest BCUT2D eigenvalue weighted by atomic mass is 10.1. The van der Waals surface area contributed by atoms with Crippen LogP contribution >= 0.6 is 0 Å². The van der Waals surface area contributed by atoms with E-state index in [2.05, 4.69) is 4.72 Å². The van der Waals surface area contributed by atoms with Gasteiger partial charge in [0, 0.05) is 19.6 Å². The number of rotatable bonds is 5. The van der Waals surface area contributed by atoms with Crippen molar-refractivity contribution in [3.8, 4) is 0 Å². The Morgan fingerprint density at radius 2 is 1.86 bits per heavy atom. The SMILES string of the molecule is CC(C)NS(=O)(=O)N(C)CC(C)(C)O. The van der Waals surface area contributed by atoms with E-state index in [1.807, 2.05) is 0 Å². The molecule has 86 valence electrons. The molecule has 0 saturated heterocycles. The van der Waals surface area contributed by atoms with Crippen LogP contribution in [0.4, 0.5) is 0 Å². The molecule has 2 N–H and O–H groups in total. The van der Waals surface area contributed by atoms with Gasteiger partial charge in [0.25, 0.3) is 10.2 Å². The van der Waals surface area contributed by atoms with Crippen molar-refractivity contribution >= 4 is 10.2 Å². The second-order valence-corrected chi connectivity index (χ2v) is 6.16. The minimum atomic E-state index is -3.47. The summed E-state index contributed by atoms with van der Waals surface area (Å²) in [6, 6.07) is -0.149. The van der Waals surface area contributed by atoms with Gasteiger partial charge in [0.15, 0.2) is 0 Å². The van der Waals surface area contributed by atoms with E-state index in [0.29, 0.717) is 0 Å². The number of nitrogens with one attached hydrogen (secondary N) is 1. The van der Waals surface area contributed by atoms with E-state index >= 15 is 0 Å². The first-order chi connectivity index (χ1) is 6.04. The second-order valence-electron chi connectivity index (χ2n) is 4.35. The Hall–Kier alpha value is -0.170. The lowest BCUT2D eigenvalue weighted by molar-refractivity contribution is 0.0636. The van der Waals surface area contributed by atoms with E-state index in [1.54, 1.807) is 27.7 Å². The summed E-state index contributed by atoms with van der Waals surface area (Å²) in [7, 11) is -2.04. The number of likely N-dealkylation sites (N-methyl/N-ethyl adjacent to an activating group) is 1. The fourth-order valence-electron chi connectivity index (χ4n) is 1.02. The highest BCUT2D eigenvalue weighted by Crippen LogP contribution is 2.06. The fourth-order valence-corrected chi connectivity index (χ4v) is 2.28. The molecule has 0 aromatic heterocycles. The minimum Gasteiger partial charge on any atom is -0.389 e. The first-order valence-electron chi connectivity index (χ1n) is 4.50. The van der Waals surface area contributed by atoms with E-state index in [-0.39, 0.29) is 12.6 Å². The van der Waals surface area contributed by atoms with Gasteiger partial charge in [0.1, 0.15) is 0 Å². The first kappa shape index (κ1) is 13.8. The monoisotopic (exact) mass is 224 g/mol. The molecule has 0 bridgehead atoms. The molecule has 0 unspecified atom stereocenters. The average Bonchev–Trinajstić information content (AvgIpc) is 1.79. The molecule has 0 fully saturated rings. The number of hydrogen-bond acceptors (Lipinski definition) is 3. The van der Waals surface area contributed by atoms with Gasteiger partial charge in [-0.05, 0) is 27.7 Å². The van der Waals surface area contributed by atoms with Gasteiger partial charge in [-0.25, -0.2) is 0 Å². The molecule has 0 aliphatic rings. The van der Waals surface area contributed by atoms with Crippen LogP contribution in [0.5, 0.6) is 0 Å². The van der Waals surface area contributed by atoms with Crippen molar-refractivity contribution < 1.29 is 13.5 Å². The normalized spacial score (nSPS) is 14.0. The molecule has 0 aliphatic heterocycles. The topological polar surface area (TPSA) is 69.6 Å². The third-order valence-corrected chi connectivity index (χ3v) is 3.12. The maximum atomic E-state index is 11.5. The predicted molar refractivity (Wildman–Crippen MR) is 56.1 cm³/mol. The van der Waals surface area contributed by atoms with Crippen molar-refractivity contribution in [3.63, 3.8) is 0 Å². The van der Waals surface area contributed by atoms with E-state index in [4.69, 9.17) is 0 Å². The number of aliphatic hydroxyl groups is 1. The van der Waals surface area contributed by atoms with E-state index in [1.165, 1.54) is 7.05 Å². The van der Waals surface area contributed by atoms with Crippen LogP contribution in [0.3, 0.4) is 0 Å². The molecule has 0 amide bonds. The molecule has 0 atom stereocenters. The highest BCUT2D eigenvalue weighted by Gasteiger charge is 2.24. The van der Waals surface area contributed by atoms with Gasteiger partial charge in [0.2, 0.25) is 0 Å². The second kappa shape index (κ2) is 4.57. The van der Waals surface area contributed by atoms with Crippen molar-refractivity contribution in [2.24, 2.45) is 0 Å². The molecule has 0 saturated carbocycles. The Morgan fingerprint density at radius 3 is 2.14 bits per heavy atom. The highest BCUT2D eigenvalue weighted by atomic mass is 32.2. The Morgan fingerprint density at radius 1 is 1.43 bits per heavy atom. The zero-order chi connectivity index (χ0) is 11.6. The molecule has 0 rings (SSSR count). The number of hydrogen-bond donors (Lipinski definition) is 2. The fraction of sp³-hybridized carbons (Fsp3) is 1.00. The van der Waals surface area contributed by atoms with Gasteiger partial charge < -0.3 is 5.11 Å². The molecular formula is C8H20N2O3S. The molecule has 0 heterocycles. The quantitative estimate of drug-likeness (QED) is 0.687. The first-order valence-corrected chi connectivity index (χ1v) is 5.94. The summed E-state index contributed by atoms with van der Waals surface area (Å²) in [6.45, 7) is 6.68. The molecule has 0 aromatic rings. The van der Waals surface area contributed by atoms with Crippen LogP contribution in [0.2, 0.25) is 0 Å². The maximum absolute atomic E-state index is 11.5. The zero-order valence-electron chi connectivity index (χ0n) is 9.40. The van der Waals surface area contributed by atoms with Crippen LogP contribution < -0.4 is 4.72 Å². The van der Waals surface area contributed by atoms with Crippen molar-refractivity contribution in [3.05, 3.63) is 0 Å². The molecule has 0 aromatic carbocycles. The van der Waals surface area contributed by atoms with Gasteiger partial charge in [0.05, 0.1) is 5.60 Å². The Bertz CT molecular complexity index is 267. The molecule has 0 radical (unpaired) electrons. The predicted octanol–water partition coefficient (Wildman–Crippen LogP) is -0.0681. The minimum absolute atomic E-state index is 0.0645. The van der Waals surface area contributed by atoms with Crippen LogP contribution in [-0.4, -0.2) is 43.1 Å². The Balaban J connectivity index is 4.45. The maximum Gasteiger partial charge on any atom is 0.279 e. The highest BCUT2D eigenvalue weighted by molar-refractivity contribution is 7.87. The largest absolute Gasteiger partial charge is 0.389 e. The molecule has 0 aliphatic carbocycles. The van der Waals surface area contributed by atoms with Crippen molar-refractivity contribution in [1.82, 2.24) is 9.03 Å². The lowest BCUT2D eigenvalue weighted by Gasteiger charge is -2.25. The van der Waals surface area contributed by atoms with Gasteiger partial charge in [-0.15, -0.1) is 0 Å². The average molecular weight is 224 g/mol. The van der Waals surface area contributed by atoms with E-state index in [0.717, 1.165) is 4.31 Å². The van der Waals surface area contributed by atoms with E-state index < -0.39 is 15.8 Å². The summed E-state index contributed by atoms with van der Waals surface area (Å²) in [6.07, 6.45) is 0. The third-order valence-electron chi connectivity index (χ3n) is 1.40. The third kappa shape index (κ3) is 5.54. The van der Waals surface area contributed by atoms with Crippen LogP contribution in [-0.2, 0) is 10.2 Å². The van der Waals surface area contributed by atoms with Crippen LogP contribution in [0.1, 0.15) is 27.7 Å². The Labute approximate surface area is 86.3 Å². The van der Waals surface area contributed by atoms with Gasteiger partial charge in [-0.2, -0.15) is 17.4 Å². The smallest absolute Gasteiger partial charge is 0.279 e. The summed E-state index contributed by atoms with van der Waals surface area (Å²) >= 11 is 0. The summed E-state index contributed by atoms with van der Waals surface area (Å²) in [5.74, 6) is 0. The van der Waals surface area contributed by atoms with Crippen molar-refractivity contribution in [2.75, 3.05) is 13.6 Å². The van der Waals surface area contributed by atoms with E-state index in [9.17, 15) is 13.5 Å². The zero-order valence-corrected chi connectivity index (χ0v) is 10.2. The van der Waals surface area contributed by atoms with Gasteiger partial charge >= 0.3 is 0 Å². The van der Waals surface area contributed by atoms with Gasteiger partial charge in [-0.3, -0.25) is 0 Å². The summed E-state index contributed by atoms with van der Waals surface area (Å²) < 4.78 is 26.6. The molecule has 0 spiro atoms. The molecular weight excluding hydrogens is 204 g/mol. The summed E-state index contributed by atoms with van der Waals surface area (Å²) in [5, 5.41) is 9.45. The summed E-state index contributed by atoms with van der Waals surface area (Å²) in [5.41, 5.74) is -1.03.